The Morgan fingerprint density at radius 3 is 2.73 bits per heavy atom. The maximum atomic E-state index is 13.2. The number of carbonyl (C=O) groups is 1. The highest BCUT2D eigenvalue weighted by Gasteiger charge is 2.16. The minimum Gasteiger partial charge on any atom is -0.493 e. The lowest BCUT2D eigenvalue weighted by molar-refractivity contribution is -0.118. The number of ether oxygens (including phenoxy) is 2. The van der Waals surface area contributed by atoms with E-state index in [1.165, 1.54) is 23.1 Å². The highest BCUT2D eigenvalue weighted by molar-refractivity contribution is 7.99. The first-order valence-corrected chi connectivity index (χ1v) is 12.0. The predicted octanol–water partition coefficient (Wildman–Crippen LogP) is 4.18. The predicted molar refractivity (Wildman–Crippen MR) is 132 cm³/mol. The molecule has 0 saturated carbocycles. The van der Waals surface area contributed by atoms with Crippen molar-refractivity contribution in [3.05, 3.63) is 75.4 Å². The fourth-order valence-corrected chi connectivity index (χ4v) is 5.05. The summed E-state index contributed by atoms with van der Waals surface area (Å²) in [6, 6.07) is 15.0. The molecule has 0 saturated heterocycles. The van der Waals surface area contributed by atoms with Gasteiger partial charge in [0.15, 0.2) is 16.7 Å². The highest BCUT2D eigenvalue weighted by Crippen LogP contribution is 2.30. The number of methoxy groups -OCH3 is 2. The second kappa shape index (κ2) is 10.1. The number of rotatable bonds is 8. The van der Waals surface area contributed by atoms with Gasteiger partial charge in [-0.15, -0.1) is 11.3 Å². The summed E-state index contributed by atoms with van der Waals surface area (Å²) in [6.07, 6.45) is 0. The van der Waals surface area contributed by atoms with Gasteiger partial charge in [0.1, 0.15) is 4.70 Å². The van der Waals surface area contributed by atoms with Crippen molar-refractivity contribution in [1.82, 2.24) is 14.9 Å². The Bertz CT molecular complexity index is 1360. The van der Waals surface area contributed by atoms with Crippen LogP contribution in [-0.4, -0.2) is 35.4 Å². The van der Waals surface area contributed by atoms with Crippen LogP contribution < -0.4 is 20.3 Å². The third kappa shape index (κ3) is 4.89. The largest absolute Gasteiger partial charge is 0.493 e. The average molecular weight is 482 g/mol. The molecule has 4 rings (SSSR count). The molecular weight excluding hydrogens is 458 g/mol. The van der Waals surface area contributed by atoms with Gasteiger partial charge in [0.25, 0.3) is 5.56 Å². The molecule has 0 fully saturated rings. The number of hydrogen-bond donors (Lipinski definition) is 1. The molecule has 0 aliphatic heterocycles. The summed E-state index contributed by atoms with van der Waals surface area (Å²) in [5, 5.41) is 5.23. The molecule has 9 heteroatoms. The third-order valence-corrected chi connectivity index (χ3v) is 6.83. The Morgan fingerprint density at radius 2 is 1.97 bits per heavy atom. The van der Waals surface area contributed by atoms with Crippen LogP contribution in [0.15, 0.2) is 63.9 Å². The lowest BCUT2D eigenvalue weighted by Gasteiger charge is -2.14. The number of benzene rings is 2. The van der Waals surface area contributed by atoms with Crippen LogP contribution in [0.1, 0.15) is 11.1 Å². The highest BCUT2D eigenvalue weighted by atomic mass is 32.2. The van der Waals surface area contributed by atoms with Crippen LogP contribution in [0.4, 0.5) is 0 Å². The van der Waals surface area contributed by atoms with E-state index in [1.807, 2.05) is 54.8 Å². The fourth-order valence-electron chi connectivity index (χ4n) is 3.45. The van der Waals surface area contributed by atoms with Gasteiger partial charge in [0.2, 0.25) is 5.91 Å². The van der Waals surface area contributed by atoms with Crippen molar-refractivity contribution in [3.8, 4) is 17.2 Å². The molecular formula is C24H23N3O4S2. The molecule has 170 valence electrons. The first kappa shape index (κ1) is 22.9. The maximum absolute atomic E-state index is 13.2. The van der Waals surface area contributed by atoms with E-state index in [0.717, 1.165) is 16.8 Å². The van der Waals surface area contributed by atoms with E-state index in [-0.39, 0.29) is 17.2 Å². The molecule has 0 bridgehead atoms. The molecule has 0 aliphatic rings. The summed E-state index contributed by atoms with van der Waals surface area (Å²) in [7, 11) is 3.14. The van der Waals surface area contributed by atoms with Crippen LogP contribution in [-0.2, 0) is 11.3 Å². The molecule has 33 heavy (non-hydrogen) atoms. The number of aryl methyl sites for hydroxylation is 1. The van der Waals surface area contributed by atoms with Crippen molar-refractivity contribution in [1.29, 1.82) is 0 Å². The molecule has 0 radical (unpaired) electrons. The van der Waals surface area contributed by atoms with E-state index < -0.39 is 0 Å². The van der Waals surface area contributed by atoms with Gasteiger partial charge in [0.05, 0.1) is 31.2 Å². The van der Waals surface area contributed by atoms with Crippen molar-refractivity contribution in [2.24, 2.45) is 0 Å². The van der Waals surface area contributed by atoms with Gasteiger partial charge in [-0.2, -0.15) is 0 Å². The topological polar surface area (TPSA) is 82.5 Å². The number of carbonyl (C=O) groups excluding carboxylic acids is 1. The summed E-state index contributed by atoms with van der Waals surface area (Å²) in [5.74, 6) is 1.13. The molecule has 7 nitrogen and oxygen atoms in total. The van der Waals surface area contributed by atoms with E-state index in [9.17, 15) is 9.59 Å². The molecule has 2 aromatic heterocycles. The minimum atomic E-state index is -0.180. The van der Waals surface area contributed by atoms with Crippen molar-refractivity contribution < 1.29 is 14.3 Å². The van der Waals surface area contributed by atoms with E-state index in [1.54, 1.807) is 24.9 Å². The molecule has 0 aliphatic carbocycles. The fraction of sp³-hybridized carbons (Fsp3) is 0.208. The molecule has 1 N–H and O–H groups in total. The molecule has 2 heterocycles. The molecule has 0 unspecified atom stereocenters. The Hall–Kier alpha value is -3.30. The monoisotopic (exact) mass is 481 g/mol. The van der Waals surface area contributed by atoms with E-state index in [4.69, 9.17) is 9.47 Å². The number of fused-ring (bicyclic) bond motifs is 1. The summed E-state index contributed by atoms with van der Waals surface area (Å²) in [5.41, 5.74) is 3.07. The van der Waals surface area contributed by atoms with Gasteiger partial charge in [-0.1, -0.05) is 36.0 Å². The Balaban J connectivity index is 1.54. The normalized spacial score (nSPS) is 10.9. The van der Waals surface area contributed by atoms with Gasteiger partial charge in [0, 0.05) is 12.1 Å². The average Bonchev–Trinajstić information content (AvgIpc) is 3.30. The Morgan fingerprint density at radius 1 is 1.15 bits per heavy atom. The zero-order valence-corrected chi connectivity index (χ0v) is 20.1. The zero-order chi connectivity index (χ0) is 23.4. The number of aromatic nitrogens is 2. The molecule has 0 spiro atoms. The summed E-state index contributed by atoms with van der Waals surface area (Å²) >= 11 is 2.60. The zero-order valence-electron chi connectivity index (χ0n) is 18.5. The minimum absolute atomic E-state index is 0.111. The lowest BCUT2D eigenvalue weighted by Crippen LogP contribution is -2.26. The van der Waals surface area contributed by atoms with E-state index in [2.05, 4.69) is 10.3 Å². The quantitative estimate of drug-likeness (QED) is 0.300. The SMILES string of the molecule is COc1cccc(CNC(=O)CSc2nc3ccsc3c(=O)n2-c2cccc(C)c2)c1OC. The van der Waals surface area contributed by atoms with E-state index in [0.29, 0.717) is 33.4 Å². The van der Waals surface area contributed by atoms with Crippen LogP contribution >= 0.6 is 23.1 Å². The summed E-state index contributed by atoms with van der Waals surface area (Å²) in [6.45, 7) is 2.26. The van der Waals surface area contributed by atoms with Crippen LogP contribution in [0.3, 0.4) is 0 Å². The van der Waals surface area contributed by atoms with Crippen molar-refractivity contribution in [2.75, 3.05) is 20.0 Å². The van der Waals surface area contributed by atoms with Gasteiger partial charge < -0.3 is 14.8 Å². The lowest BCUT2D eigenvalue weighted by atomic mass is 10.2. The first-order valence-electron chi connectivity index (χ1n) is 10.2. The van der Waals surface area contributed by atoms with Gasteiger partial charge in [-0.3, -0.25) is 14.2 Å². The first-order chi connectivity index (χ1) is 16.0. The van der Waals surface area contributed by atoms with Gasteiger partial charge >= 0.3 is 0 Å². The Kier molecular flexibility index (Phi) is 7.00. The second-order valence-corrected chi connectivity index (χ2v) is 9.09. The molecule has 0 atom stereocenters. The number of nitrogens with one attached hydrogen (secondary N) is 1. The number of thioether (sulfide) groups is 1. The number of hydrogen-bond acceptors (Lipinski definition) is 7. The Labute approximate surface area is 199 Å². The number of amides is 1. The number of thiophene rings is 1. The van der Waals surface area contributed by atoms with Crippen LogP contribution in [0.5, 0.6) is 11.5 Å². The van der Waals surface area contributed by atoms with Crippen LogP contribution in [0.2, 0.25) is 0 Å². The van der Waals surface area contributed by atoms with Gasteiger partial charge in [-0.05, 0) is 42.1 Å². The smallest absolute Gasteiger partial charge is 0.276 e. The standard InChI is InChI=1S/C24H23N3O4S2/c1-15-6-4-8-17(12-15)27-23(29)22-18(10-11-32-22)26-24(27)33-14-20(28)25-13-16-7-5-9-19(30-2)21(16)31-3/h4-12H,13-14H2,1-3H3,(H,25,28). The molecule has 4 aromatic rings. The maximum Gasteiger partial charge on any atom is 0.276 e. The second-order valence-electron chi connectivity index (χ2n) is 7.23. The van der Waals surface area contributed by atoms with Crippen molar-refractivity contribution in [3.63, 3.8) is 0 Å². The van der Waals surface area contributed by atoms with E-state index >= 15 is 0 Å². The van der Waals surface area contributed by atoms with Gasteiger partial charge in [-0.25, -0.2) is 4.98 Å². The number of para-hydroxylation sites is 1. The molecule has 2 aromatic carbocycles. The summed E-state index contributed by atoms with van der Waals surface area (Å²) in [4.78, 5) is 30.5. The summed E-state index contributed by atoms with van der Waals surface area (Å²) < 4.78 is 12.9. The molecule has 1 amide bonds. The number of nitrogens with zero attached hydrogens (tertiary/aromatic N) is 2. The van der Waals surface area contributed by atoms with Crippen molar-refractivity contribution in [2.45, 2.75) is 18.6 Å². The third-order valence-electron chi connectivity index (χ3n) is 5.00. The van der Waals surface area contributed by atoms with Crippen LogP contribution in [0.25, 0.3) is 15.9 Å². The van der Waals surface area contributed by atoms with Crippen molar-refractivity contribution >= 4 is 39.2 Å². The van der Waals surface area contributed by atoms with Crippen LogP contribution in [0, 0.1) is 6.92 Å².